The third kappa shape index (κ3) is 3.48. The molecular weight excluding hydrogens is 388 g/mol. The molecule has 1 aromatic heterocycles. The van der Waals surface area contributed by atoms with Crippen molar-refractivity contribution in [1.29, 1.82) is 0 Å². The molecule has 0 saturated heterocycles. The summed E-state index contributed by atoms with van der Waals surface area (Å²) in [5.74, 6) is -3.16. The fourth-order valence-corrected chi connectivity index (χ4v) is 3.13. The van der Waals surface area contributed by atoms with E-state index in [2.05, 4.69) is 0 Å². The van der Waals surface area contributed by atoms with E-state index in [4.69, 9.17) is 0 Å². The maximum atomic E-state index is 13.0. The Morgan fingerprint density at radius 3 is 2.00 bits per heavy atom. The second-order valence-electron chi connectivity index (χ2n) is 6.23. The Bertz CT molecular complexity index is 1090. The van der Waals surface area contributed by atoms with Crippen molar-refractivity contribution in [2.24, 2.45) is 0 Å². The minimum atomic E-state index is -5.11. The molecule has 3 rings (SSSR count). The number of Topliss-reactive ketones (excluding diaryl/α,β-unsaturated/α-hetero) is 2. The van der Waals surface area contributed by atoms with Crippen LogP contribution < -0.4 is 0 Å². The first kappa shape index (κ1) is 19.9. The lowest BCUT2D eigenvalue weighted by Crippen LogP contribution is -2.25. The van der Waals surface area contributed by atoms with Crippen LogP contribution in [0.15, 0.2) is 36.4 Å². The Hall–Kier alpha value is -2.84. The summed E-state index contributed by atoms with van der Waals surface area (Å²) in [6, 6.07) is 7.30. The number of halogens is 6. The molecule has 0 N–H and O–H groups in total. The summed E-state index contributed by atoms with van der Waals surface area (Å²) in [6.07, 6.45) is -11.0. The SMILES string of the molecule is CCn1c2cc(C(=O)CC(=O)C(F)(F)F)ccc2c2ccc(C(F)(F)F)cc21. The number of aryl methyl sites for hydroxylation is 1. The third-order valence-corrected chi connectivity index (χ3v) is 4.47. The Balaban J connectivity index is 2.12. The van der Waals surface area contributed by atoms with Gasteiger partial charge in [0, 0.05) is 33.9 Å². The lowest BCUT2D eigenvalue weighted by atomic mass is 10.0. The third-order valence-electron chi connectivity index (χ3n) is 4.47. The van der Waals surface area contributed by atoms with Gasteiger partial charge in [-0.1, -0.05) is 18.2 Å². The van der Waals surface area contributed by atoms with Gasteiger partial charge in [-0.05, 0) is 25.1 Å². The molecule has 0 bridgehead atoms. The van der Waals surface area contributed by atoms with Crippen LogP contribution in [-0.4, -0.2) is 22.3 Å². The zero-order valence-corrected chi connectivity index (χ0v) is 14.4. The Morgan fingerprint density at radius 1 is 0.893 bits per heavy atom. The summed E-state index contributed by atoms with van der Waals surface area (Å²) >= 11 is 0. The van der Waals surface area contributed by atoms with E-state index in [-0.39, 0.29) is 12.1 Å². The van der Waals surface area contributed by atoms with E-state index in [0.717, 1.165) is 12.1 Å². The molecular formula is C19H13F6NO2. The Labute approximate surface area is 154 Å². The van der Waals surface area contributed by atoms with E-state index < -0.39 is 35.9 Å². The standard InChI is InChI=1S/C19H13F6NO2/c1-2-26-14-7-10(16(27)9-17(28)19(23,24)25)3-5-12(14)13-6-4-11(8-15(13)26)18(20,21)22/h3-8H,2,9H2,1H3. The molecule has 9 heteroatoms. The van der Waals surface area contributed by atoms with Gasteiger partial charge in [0.15, 0.2) is 5.78 Å². The predicted octanol–water partition coefficient (Wildman–Crippen LogP) is 5.54. The summed E-state index contributed by atoms with van der Waals surface area (Å²) in [7, 11) is 0. The number of fused-ring (bicyclic) bond motifs is 3. The van der Waals surface area contributed by atoms with E-state index >= 15 is 0 Å². The van der Waals surface area contributed by atoms with Gasteiger partial charge in [0.25, 0.3) is 0 Å². The largest absolute Gasteiger partial charge is 0.450 e. The van der Waals surface area contributed by atoms with Gasteiger partial charge in [0.1, 0.15) is 0 Å². The van der Waals surface area contributed by atoms with E-state index in [9.17, 15) is 35.9 Å². The average molecular weight is 401 g/mol. The summed E-state index contributed by atoms with van der Waals surface area (Å²) in [4.78, 5) is 23.1. The molecule has 0 aliphatic carbocycles. The number of carbonyl (C=O) groups is 2. The smallest absolute Gasteiger partial charge is 0.341 e. The van der Waals surface area contributed by atoms with Gasteiger partial charge < -0.3 is 4.57 Å². The zero-order chi connectivity index (χ0) is 20.9. The van der Waals surface area contributed by atoms with Crippen LogP contribution in [0.3, 0.4) is 0 Å². The second kappa shape index (κ2) is 6.65. The molecule has 0 unspecified atom stereocenters. The first-order valence-corrected chi connectivity index (χ1v) is 8.20. The van der Waals surface area contributed by atoms with Crippen molar-refractivity contribution < 1.29 is 35.9 Å². The summed E-state index contributed by atoms with van der Waals surface area (Å²) in [5.41, 5.74) is -0.242. The molecule has 0 aliphatic heterocycles. The molecule has 3 nitrogen and oxygen atoms in total. The van der Waals surface area contributed by atoms with Gasteiger partial charge in [0.2, 0.25) is 5.78 Å². The number of carbonyl (C=O) groups excluding carboxylic acids is 2. The molecule has 1 heterocycles. The van der Waals surface area contributed by atoms with E-state index in [0.29, 0.717) is 21.8 Å². The van der Waals surface area contributed by atoms with Crippen LogP contribution in [0.2, 0.25) is 0 Å². The molecule has 2 aromatic carbocycles. The van der Waals surface area contributed by atoms with Crippen molar-refractivity contribution in [1.82, 2.24) is 4.57 Å². The van der Waals surface area contributed by atoms with Crippen LogP contribution in [0.1, 0.15) is 29.3 Å². The maximum absolute atomic E-state index is 13.0. The molecule has 0 atom stereocenters. The first-order chi connectivity index (χ1) is 12.9. The van der Waals surface area contributed by atoms with Gasteiger partial charge in [-0.25, -0.2) is 0 Å². The molecule has 0 fully saturated rings. The lowest BCUT2D eigenvalue weighted by Gasteiger charge is -2.08. The van der Waals surface area contributed by atoms with Crippen molar-refractivity contribution in [3.63, 3.8) is 0 Å². The maximum Gasteiger partial charge on any atom is 0.450 e. The first-order valence-electron chi connectivity index (χ1n) is 8.20. The number of alkyl halides is 6. The highest BCUT2D eigenvalue weighted by molar-refractivity contribution is 6.13. The number of aromatic nitrogens is 1. The highest BCUT2D eigenvalue weighted by atomic mass is 19.4. The van der Waals surface area contributed by atoms with Gasteiger partial charge >= 0.3 is 12.4 Å². The van der Waals surface area contributed by atoms with E-state index in [1.807, 2.05) is 0 Å². The number of rotatable bonds is 4. The number of benzene rings is 2. The molecule has 0 saturated carbocycles. The van der Waals surface area contributed by atoms with Gasteiger partial charge in [0.05, 0.1) is 12.0 Å². The topological polar surface area (TPSA) is 39.1 Å². The highest BCUT2D eigenvalue weighted by Gasteiger charge is 2.39. The molecule has 0 aliphatic rings. The molecule has 0 radical (unpaired) electrons. The average Bonchev–Trinajstić information content (AvgIpc) is 2.92. The molecule has 28 heavy (non-hydrogen) atoms. The van der Waals surface area contributed by atoms with Crippen LogP contribution in [0.4, 0.5) is 26.3 Å². The van der Waals surface area contributed by atoms with Crippen molar-refractivity contribution in [2.75, 3.05) is 0 Å². The van der Waals surface area contributed by atoms with Crippen molar-refractivity contribution in [3.05, 3.63) is 47.5 Å². The molecule has 0 amide bonds. The number of hydrogen-bond acceptors (Lipinski definition) is 2. The minimum Gasteiger partial charge on any atom is -0.341 e. The van der Waals surface area contributed by atoms with Crippen LogP contribution in [-0.2, 0) is 17.5 Å². The van der Waals surface area contributed by atoms with Crippen molar-refractivity contribution >= 4 is 33.4 Å². The van der Waals surface area contributed by atoms with Gasteiger partial charge in [-0.2, -0.15) is 26.3 Å². The van der Waals surface area contributed by atoms with Crippen LogP contribution in [0, 0.1) is 0 Å². The second-order valence-corrected chi connectivity index (χ2v) is 6.23. The van der Waals surface area contributed by atoms with E-state index in [1.165, 1.54) is 24.3 Å². The van der Waals surface area contributed by atoms with E-state index in [1.54, 1.807) is 11.5 Å². The predicted molar refractivity (Wildman–Crippen MR) is 90.1 cm³/mol. The summed E-state index contributed by atoms with van der Waals surface area (Å²) < 4.78 is 77.7. The fourth-order valence-electron chi connectivity index (χ4n) is 3.13. The molecule has 148 valence electrons. The monoisotopic (exact) mass is 401 g/mol. The number of nitrogens with zero attached hydrogens (tertiary/aromatic N) is 1. The zero-order valence-electron chi connectivity index (χ0n) is 14.4. The molecule has 3 aromatic rings. The summed E-state index contributed by atoms with van der Waals surface area (Å²) in [5, 5.41) is 1.08. The minimum absolute atomic E-state index is 0.112. The highest BCUT2D eigenvalue weighted by Crippen LogP contribution is 2.36. The quantitative estimate of drug-likeness (QED) is 0.327. The van der Waals surface area contributed by atoms with Crippen LogP contribution in [0.5, 0.6) is 0 Å². The number of hydrogen-bond donors (Lipinski definition) is 0. The van der Waals surface area contributed by atoms with Gasteiger partial charge in [-0.3, -0.25) is 9.59 Å². The number of ketones is 2. The summed E-state index contributed by atoms with van der Waals surface area (Å²) in [6.45, 7) is 1.97. The lowest BCUT2D eigenvalue weighted by molar-refractivity contribution is -0.170. The van der Waals surface area contributed by atoms with Crippen molar-refractivity contribution in [3.8, 4) is 0 Å². The van der Waals surface area contributed by atoms with Crippen molar-refractivity contribution in [2.45, 2.75) is 32.2 Å². The van der Waals surface area contributed by atoms with Crippen LogP contribution >= 0.6 is 0 Å². The molecule has 0 spiro atoms. The normalized spacial score (nSPS) is 12.7. The van der Waals surface area contributed by atoms with Crippen LogP contribution in [0.25, 0.3) is 21.8 Å². The Kier molecular flexibility index (Phi) is 4.73. The Morgan fingerprint density at radius 2 is 1.46 bits per heavy atom. The fraction of sp³-hybridized carbons (Fsp3) is 0.263. The van der Waals surface area contributed by atoms with Gasteiger partial charge in [-0.15, -0.1) is 0 Å².